The van der Waals surface area contributed by atoms with Gasteiger partial charge < -0.3 is 4.90 Å². The maximum atomic E-state index is 5.36. The molecule has 8 heteroatoms. The normalized spacial score (nSPS) is 11.0. The van der Waals surface area contributed by atoms with Gasteiger partial charge in [0.1, 0.15) is 0 Å². The molecule has 0 aliphatic carbocycles. The molecule has 0 saturated heterocycles. The lowest BCUT2D eigenvalue weighted by atomic mass is 10.1. The molecule has 0 unspecified atom stereocenters. The minimum atomic E-state index is 0.295. The van der Waals surface area contributed by atoms with E-state index in [0.29, 0.717) is 10.2 Å². The van der Waals surface area contributed by atoms with Gasteiger partial charge >= 0.3 is 0 Å². The molecule has 0 atom stereocenters. The molecular weight excluding hydrogens is 388 g/mol. The maximum absolute atomic E-state index is 5.36. The summed E-state index contributed by atoms with van der Waals surface area (Å²) < 4.78 is 0. The molecule has 0 saturated carbocycles. The minimum Gasteiger partial charge on any atom is -0.321 e. The molecule has 0 bridgehead atoms. The highest BCUT2D eigenvalue weighted by atomic mass is 32.1. The van der Waals surface area contributed by atoms with Gasteiger partial charge in [0.15, 0.2) is 5.11 Å². The third-order valence-corrected chi connectivity index (χ3v) is 4.64. The lowest BCUT2D eigenvalue weighted by Gasteiger charge is -2.21. The number of hydrogen-bond donors (Lipinski definition) is 3. The summed E-state index contributed by atoms with van der Waals surface area (Å²) in [4.78, 5) is 6.27. The first-order valence-corrected chi connectivity index (χ1v) is 9.41. The summed E-state index contributed by atoms with van der Waals surface area (Å²) >= 11 is 10.6. The molecule has 0 aliphatic rings. The Morgan fingerprint density at radius 2 is 1.68 bits per heavy atom. The number of rotatable bonds is 3. The highest BCUT2D eigenvalue weighted by molar-refractivity contribution is 7.80. The molecule has 0 spiro atoms. The summed E-state index contributed by atoms with van der Waals surface area (Å²) in [5.41, 5.74) is 11.0. The van der Waals surface area contributed by atoms with Crippen molar-refractivity contribution in [3.05, 3.63) is 72.6 Å². The van der Waals surface area contributed by atoms with Crippen LogP contribution in [0.3, 0.4) is 0 Å². The molecule has 1 heterocycles. The smallest absolute Gasteiger partial charge is 0.205 e. The van der Waals surface area contributed by atoms with E-state index in [1.807, 2.05) is 79.5 Å². The molecule has 0 radical (unpaired) electrons. The number of hydrazone groups is 1. The van der Waals surface area contributed by atoms with E-state index in [1.165, 1.54) is 0 Å². The minimum absolute atomic E-state index is 0.295. The van der Waals surface area contributed by atoms with E-state index in [-0.39, 0.29) is 0 Å². The number of fused-ring (bicyclic) bond motifs is 1. The number of nitrogens with one attached hydrogen (secondary N) is 3. The highest BCUT2D eigenvalue weighted by Crippen LogP contribution is 2.16. The first kappa shape index (κ1) is 19.7. The van der Waals surface area contributed by atoms with Crippen LogP contribution >= 0.6 is 24.4 Å². The Morgan fingerprint density at radius 3 is 2.46 bits per heavy atom. The number of benzene rings is 2. The van der Waals surface area contributed by atoms with Crippen LogP contribution in [0, 0.1) is 0 Å². The number of pyridine rings is 1. The van der Waals surface area contributed by atoms with E-state index in [2.05, 4.69) is 26.4 Å². The second kappa shape index (κ2) is 9.20. The molecule has 0 amide bonds. The topological polar surface area (TPSA) is 64.6 Å². The Hall–Kier alpha value is -3.10. The molecule has 6 nitrogen and oxygen atoms in total. The van der Waals surface area contributed by atoms with E-state index in [0.717, 1.165) is 27.9 Å². The summed E-state index contributed by atoms with van der Waals surface area (Å²) in [5.74, 6) is 0. The van der Waals surface area contributed by atoms with Crippen LogP contribution in [0.4, 0.5) is 5.69 Å². The predicted molar refractivity (Wildman–Crippen MR) is 123 cm³/mol. The molecule has 1 aromatic heterocycles. The fraction of sp³-hybridized carbons (Fsp3) is 0.100. The zero-order chi connectivity index (χ0) is 19.9. The Kier molecular flexibility index (Phi) is 6.46. The van der Waals surface area contributed by atoms with Crippen molar-refractivity contribution in [2.75, 3.05) is 11.9 Å². The number of hydrazine groups is 1. The predicted octanol–water partition coefficient (Wildman–Crippen LogP) is 3.35. The first-order chi connectivity index (χ1) is 13.6. The maximum Gasteiger partial charge on any atom is 0.205 e. The van der Waals surface area contributed by atoms with Gasteiger partial charge in [0.25, 0.3) is 0 Å². The summed E-state index contributed by atoms with van der Waals surface area (Å²) in [7, 11) is 1.87. The Labute approximate surface area is 174 Å². The fourth-order valence-electron chi connectivity index (χ4n) is 2.59. The van der Waals surface area contributed by atoms with Gasteiger partial charge in [0.2, 0.25) is 5.11 Å². The number of anilines is 1. The van der Waals surface area contributed by atoms with Gasteiger partial charge in [0, 0.05) is 24.3 Å². The van der Waals surface area contributed by atoms with Crippen LogP contribution in [0.25, 0.3) is 10.8 Å². The van der Waals surface area contributed by atoms with Crippen molar-refractivity contribution in [2.24, 2.45) is 5.10 Å². The van der Waals surface area contributed by atoms with Crippen molar-refractivity contribution in [2.45, 2.75) is 6.92 Å². The van der Waals surface area contributed by atoms with Crippen molar-refractivity contribution in [3.8, 4) is 0 Å². The summed E-state index contributed by atoms with van der Waals surface area (Å²) in [6.45, 7) is 1.88. The highest BCUT2D eigenvalue weighted by Gasteiger charge is 2.07. The van der Waals surface area contributed by atoms with Crippen molar-refractivity contribution in [1.29, 1.82) is 0 Å². The molecule has 3 rings (SSSR count). The van der Waals surface area contributed by atoms with E-state index in [4.69, 9.17) is 24.4 Å². The SMILES string of the molecule is C/C(=N\NC(=S)NNC(=S)N(C)c1ccccc1)c1nccc2ccccc12. The Morgan fingerprint density at radius 1 is 0.964 bits per heavy atom. The van der Waals surface area contributed by atoms with Crippen molar-refractivity contribution < 1.29 is 0 Å². The lowest BCUT2D eigenvalue weighted by Crippen LogP contribution is -2.50. The quantitative estimate of drug-likeness (QED) is 0.349. The van der Waals surface area contributed by atoms with E-state index in [1.54, 1.807) is 6.20 Å². The molecule has 28 heavy (non-hydrogen) atoms. The zero-order valence-corrected chi connectivity index (χ0v) is 17.1. The summed E-state index contributed by atoms with van der Waals surface area (Å²) in [5, 5.41) is 7.25. The number of thiocarbonyl (C=S) groups is 2. The Bertz CT molecular complexity index is 1010. The van der Waals surface area contributed by atoms with Gasteiger partial charge in [-0.1, -0.05) is 42.5 Å². The standard InChI is InChI=1S/C20H20N6S2/c1-14(18-17-11-7-6-8-15(17)12-13-21-18)22-23-19(27)24-25-20(28)26(2)16-9-4-3-5-10-16/h3-13H,1-2H3,(H,25,28)(H2,23,24,27)/b22-14+. The fourth-order valence-corrected chi connectivity index (χ4v) is 2.84. The summed E-state index contributed by atoms with van der Waals surface area (Å²) in [6.07, 6.45) is 1.77. The average Bonchev–Trinajstić information content (AvgIpc) is 2.75. The summed E-state index contributed by atoms with van der Waals surface area (Å²) in [6, 6.07) is 19.8. The molecular formula is C20H20N6S2. The number of aromatic nitrogens is 1. The Balaban J connectivity index is 1.58. The van der Waals surface area contributed by atoms with Gasteiger partial charge in [-0.05, 0) is 54.9 Å². The van der Waals surface area contributed by atoms with Crippen LogP contribution in [-0.4, -0.2) is 28.0 Å². The second-order valence-corrected chi connectivity index (χ2v) is 6.76. The number of para-hydroxylation sites is 1. The van der Waals surface area contributed by atoms with Gasteiger partial charge in [-0.2, -0.15) is 5.10 Å². The third kappa shape index (κ3) is 4.79. The van der Waals surface area contributed by atoms with Crippen LogP contribution in [0.5, 0.6) is 0 Å². The van der Waals surface area contributed by atoms with E-state index < -0.39 is 0 Å². The molecule has 3 N–H and O–H groups in total. The van der Waals surface area contributed by atoms with Crippen molar-refractivity contribution in [3.63, 3.8) is 0 Å². The monoisotopic (exact) mass is 408 g/mol. The first-order valence-electron chi connectivity index (χ1n) is 8.59. The molecule has 142 valence electrons. The van der Waals surface area contributed by atoms with Crippen LogP contribution < -0.4 is 21.2 Å². The molecule has 0 aliphatic heterocycles. The van der Waals surface area contributed by atoms with E-state index in [9.17, 15) is 0 Å². The third-order valence-electron chi connectivity index (χ3n) is 4.07. The van der Waals surface area contributed by atoms with Crippen LogP contribution in [-0.2, 0) is 0 Å². The molecule has 3 aromatic rings. The molecule has 0 fully saturated rings. The van der Waals surface area contributed by atoms with Gasteiger partial charge in [-0.15, -0.1) is 0 Å². The largest absolute Gasteiger partial charge is 0.321 e. The number of hydrogen-bond acceptors (Lipinski definition) is 4. The van der Waals surface area contributed by atoms with Gasteiger partial charge in [0.05, 0.1) is 11.4 Å². The van der Waals surface area contributed by atoms with Crippen LogP contribution in [0.1, 0.15) is 12.6 Å². The molecule has 2 aromatic carbocycles. The second-order valence-electron chi connectivity index (χ2n) is 5.97. The van der Waals surface area contributed by atoms with Crippen molar-refractivity contribution in [1.82, 2.24) is 21.3 Å². The zero-order valence-electron chi connectivity index (χ0n) is 15.5. The average molecular weight is 409 g/mol. The lowest BCUT2D eigenvalue weighted by molar-refractivity contribution is 0.823. The van der Waals surface area contributed by atoms with Crippen molar-refractivity contribution >= 4 is 56.8 Å². The van der Waals surface area contributed by atoms with Gasteiger partial charge in [-0.25, -0.2) is 0 Å². The van der Waals surface area contributed by atoms with Crippen LogP contribution in [0.15, 0.2) is 72.0 Å². The van der Waals surface area contributed by atoms with Crippen LogP contribution in [0.2, 0.25) is 0 Å². The number of nitrogens with zero attached hydrogens (tertiary/aromatic N) is 3. The van der Waals surface area contributed by atoms with E-state index >= 15 is 0 Å². The van der Waals surface area contributed by atoms with Gasteiger partial charge in [-0.3, -0.25) is 21.3 Å².